The average Bonchev–Trinajstić information content (AvgIpc) is 3.32. The van der Waals surface area contributed by atoms with Gasteiger partial charge in [0.05, 0.1) is 5.75 Å². The molecule has 1 atom stereocenters. The first kappa shape index (κ1) is 24.5. The van der Waals surface area contributed by atoms with Crippen molar-refractivity contribution < 1.29 is 9.21 Å². The van der Waals surface area contributed by atoms with Gasteiger partial charge in [-0.2, -0.15) is 0 Å². The fourth-order valence-electron chi connectivity index (χ4n) is 3.86. The number of benzene rings is 3. The molecule has 35 heavy (non-hydrogen) atoms. The third kappa shape index (κ3) is 6.73. The minimum Gasteiger partial charge on any atom is -0.416 e. The van der Waals surface area contributed by atoms with Gasteiger partial charge in [0.1, 0.15) is 0 Å². The monoisotopic (exact) mass is 486 g/mol. The van der Waals surface area contributed by atoms with Crippen LogP contribution in [0.2, 0.25) is 0 Å². The molecular weight excluding hydrogens is 456 g/mol. The fourth-order valence-corrected chi connectivity index (χ4v) is 4.50. The molecule has 180 valence electrons. The number of carbonyl (C=O) groups is 1. The van der Waals surface area contributed by atoms with Crippen molar-refractivity contribution in [2.45, 2.75) is 44.4 Å². The molecule has 0 aliphatic carbocycles. The van der Waals surface area contributed by atoms with E-state index in [9.17, 15) is 4.79 Å². The van der Waals surface area contributed by atoms with Crippen LogP contribution in [0.3, 0.4) is 0 Å². The van der Waals surface area contributed by atoms with E-state index in [4.69, 9.17) is 4.42 Å². The minimum absolute atomic E-state index is 0.00817. The molecular formula is C28H30N4O2S. The molecule has 1 N–H and O–H groups in total. The van der Waals surface area contributed by atoms with Crippen LogP contribution < -0.4 is 10.2 Å². The van der Waals surface area contributed by atoms with Crippen molar-refractivity contribution in [3.8, 4) is 0 Å². The summed E-state index contributed by atoms with van der Waals surface area (Å²) in [4.78, 5) is 14.9. The van der Waals surface area contributed by atoms with E-state index in [1.54, 1.807) is 4.90 Å². The number of rotatable bonds is 10. The number of nitrogens with zero attached hydrogens (tertiary/aromatic N) is 3. The van der Waals surface area contributed by atoms with E-state index in [1.165, 1.54) is 17.3 Å². The molecule has 4 aromatic rings. The minimum atomic E-state index is -0.00817. The van der Waals surface area contributed by atoms with Crippen molar-refractivity contribution in [3.63, 3.8) is 0 Å². The topological polar surface area (TPSA) is 71.3 Å². The maximum atomic E-state index is 13.1. The number of hydrogen-bond donors (Lipinski definition) is 1. The van der Waals surface area contributed by atoms with Crippen LogP contribution in [0.1, 0.15) is 38.1 Å². The Bertz CT molecular complexity index is 1210. The number of aromatic nitrogens is 2. The number of para-hydroxylation sites is 1. The molecule has 0 aliphatic heterocycles. The Labute approximate surface area is 210 Å². The second kappa shape index (κ2) is 11.7. The number of thioether (sulfide) groups is 1. The van der Waals surface area contributed by atoms with Gasteiger partial charge in [0.25, 0.3) is 5.22 Å². The largest absolute Gasteiger partial charge is 0.416 e. The third-order valence-electron chi connectivity index (χ3n) is 5.61. The van der Waals surface area contributed by atoms with E-state index in [0.29, 0.717) is 17.5 Å². The Hall–Kier alpha value is -3.58. The van der Waals surface area contributed by atoms with Gasteiger partial charge < -0.3 is 14.6 Å². The van der Waals surface area contributed by atoms with Gasteiger partial charge in [0.15, 0.2) is 0 Å². The maximum Gasteiger partial charge on any atom is 0.277 e. The Morgan fingerprint density at radius 3 is 2.17 bits per heavy atom. The molecule has 0 bridgehead atoms. The zero-order chi connectivity index (χ0) is 24.6. The first-order valence-corrected chi connectivity index (χ1v) is 12.7. The highest BCUT2D eigenvalue weighted by Crippen LogP contribution is 2.26. The second-order valence-electron chi connectivity index (χ2n) is 8.66. The summed E-state index contributed by atoms with van der Waals surface area (Å²) in [5, 5.41) is 12.1. The molecule has 7 heteroatoms. The predicted octanol–water partition coefficient (Wildman–Crippen LogP) is 6.69. The number of nitrogens with one attached hydrogen (secondary N) is 1. The van der Waals surface area contributed by atoms with Crippen molar-refractivity contribution in [1.82, 2.24) is 10.2 Å². The van der Waals surface area contributed by atoms with Crippen LogP contribution in [-0.4, -0.2) is 27.9 Å². The first-order chi connectivity index (χ1) is 17.0. The summed E-state index contributed by atoms with van der Waals surface area (Å²) in [5.74, 6) is 1.06. The Balaban J connectivity index is 1.34. The van der Waals surface area contributed by atoms with E-state index in [2.05, 4.69) is 34.6 Å². The van der Waals surface area contributed by atoms with Crippen LogP contribution in [0.25, 0.3) is 0 Å². The molecule has 1 unspecified atom stereocenters. The molecule has 0 saturated carbocycles. The van der Waals surface area contributed by atoms with Gasteiger partial charge in [-0.25, -0.2) is 0 Å². The summed E-state index contributed by atoms with van der Waals surface area (Å²) in [6, 6.07) is 28.2. The Morgan fingerprint density at radius 1 is 0.886 bits per heavy atom. The lowest BCUT2D eigenvalue weighted by Gasteiger charge is -2.27. The summed E-state index contributed by atoms with van der Waals surface area (Å²) >= 11 is 1.27. The van der Waals surface area contributed by atoms with Crippen LogP contribution in [-0.2, 0) is 11.2 Å². The average molecular weight is 487 g/mol. The lowest BCUT2D eigenvalue weighted by atomic mass is 9.98. The number of anilines is 3. The van der Waals surface area contributed by atoms with E-state index in [0.717, 1.165) is 17.1 Å². The molecule has 1 aromatic heterocycles. The van der Waals surface area contributed by atoms with Gasteiger partial charge in [-0.05, 0) is 61.7 Å². The van der Waals surface area contributed by atoms with E-state index < -0.39 is 0 Å². The standard InChI is InChI=1S/C28H30N4O2S/c1-20(2)32(25-16-14-24(15-17-25)29-23-12-8-5-9-13-23)27(33)19-35-28-31-30-26(34-28)18-21(3)22-10-6-4-7-11-22/h4-17,20-21,29H,18-19H2,1-3H3. The molecule has 3 aromatic carbocycles. The van der Waals surface area contributed by atoms with Crippen LogP contribution in [0.5, 0.6) is 0 Å². The first-order valence-electron chi connectivity index (χ1n) is 11.7. The number of carbonyl (C=O) groups excluding carboxylic acids is 1. The highest BCUT2D eigenvalue weighted by atomic mass is 32.2. The van der Waals surface area contributed by atoms with Crippen LogP contribution in [0.15, 0.2) is 94.6 Å². The van der Waals surface area contributed by atoms with Crippen molar-refractivity contribution in [2.75, 3.05) is 16.0 Å². The molecule has 0 spiro atoms. The number of amides is 1. The summed E-state index contributed by atoms with van der Waals surface area (Å²) in [5.41, 5.74) is 4.07. The zero-order valence-corrected chi connectivity index (χ0v) is 21.0. The summed E-state index contributed by atoms with van der Waals surface area (Å²) in [7, 11) is 0. The molecule has 0 aliphatic rings. The van der Waals surface area contributed by atoms with Gasteiger partial charge in [-0.1, -0.05) is 67.2 Å². The summed E-state index contributed by atoms with van der Waals surface area (Å²) < 4.78 is 5.81. The smallest absolute Gasteiger partial charge is 0.277 e. The van der Waals surface area contributed by atoms with E-state index in [1.807, 2.05) is 86.6 Å². The molecule has 0 saturated heterocycles. The van der Waals surface area contributed by atoms with Crippen molar-refractivity contribution in [2.24, 2.45) is 0 Å². The highest BCUT2D eigenvalue weighted by Gasteiger charge is 2.21. The second-order valence-corrected chi connectivity index (χ2v) is 9.59. The van der Waals surface area contributed by atoms with Gasteiger partial charge >= 0.3 is 0 Å². The van der Waals surface area contributed by atoms with Crippen molar-refractivity contribution >= 4 is 34.7 Å². The molecule has 4 rings (SSSR count). The van der Waals surface area contributed by atoms with Gasteiger partial charge in [-0.15, -0.1) is 10.2 Å². The van der Waals surface area contributed by atoms with Gasteiger partial charge in [0.2, 0.25) is 11.8 Å². The normalized spacial score (nSPS) is 11.9. The molecule has 0 fully saturated rings. The predicted molar refractivity (Wildman–Crippen MR) is 142 cm³/mol. The fraction of sp³-hybridized carbons (Fsp3) is 0.250. The number of hydrogen-bond acceptors (Lipinski definition) is 6. The molecule has 1 heterocycles. The van der Waals surface area contributed by atoms with Gasteiger partial charge in [-0.3, -0.25) is 4.79 Å². The lowest BCUT2D eigenvalue weighted by molar-refractivity contribution is -0.116. The van der Waals surface area contributed by atoms with Crippen molar-refractivity contribution in [3.05, 3.63) is 96.4 Å². The molecule has 6 nitrogen and oxygen atoms in total. The third-order valence-corrected chi connectivity index (χ3v) is 6.41. The van der Waals surface area contributed by atoms with Crippen LogP contribution in [0.4, 0.5) is 17.1 Å². The Morgan fingerprint density at radius 2 is 1.51 bits per heavy atom. The molecule has 1 amide bonds. The van der Waals surface area contributed by atoms with E-state index >= 15 is 0 Å². The summed E-state index contributed by atoms with van der Waals surface area (Å²) in [6.07, 6.45) is 0.660. The highest BCUT2D eigenvalue weighted by molar-refractivity contribution is 7.99. The quantitative estimate of drug-likeness (QED) is 0.252. The van der Waals surface area contributed by atoms with Gasteiger partial charge in [0, 0.05) is 29.5 Å². The Kier molecular flexibility index (Phi) is 8.21. The lowest BCUT2D eigenvalue weighted by Crippen LogP contribution is -2.38. The maximum absolute atomic E-state index is 13.1. The van der Waals surface area contributed by atoms with E-state index in [-0.39, 0.29) is 23.6 Å². The summed E-state index contributed by atoms with van der Waals surface area (Å²) in [6.45, 7) is 6.15. The molecule has 0 radical (unpaired) electrons. The van der Waals surface area contributed by atoms with Crippen molar-refractivity contribution in [1.29, 1.82) is 0 Å². The van der Waals surface area contributed by atoms with Crippen LogP contribution in [0, 0.1) is 0 Å². The SMILES string of the molecule is CC(Cc1nnc(SCC(=O)N(c2ccc(Nc3ccccc3)cc2)C(C)C)o1)c1ccccc1. The zero-order valence-electron chi connectivity index (χ0n) is 20.2. The van der Waals surface area contributed by atoms with Crippen LogP contribution >= 0.6 is 11.8 Å².